The Hall–Kier alpha value is -1.95. The van der Waals surface area contributed by atoms with Crippen molar-refractivity contribution in [2.45, 2.75) is 48.4 Å². The molecular weight excluding hydrogens is 515 g/mol. The Morgan fingerprint density at radius 3 is 2.44 bits per heavy atom. The van der Waals surface area contributed by atoms with E-state index < -0.39 is 39.4 Å². The van der Waals surface area contributed by atoms with Crippen molar-refractivity contribution in [3.63, 3.8) is 0 Å². The van der Waals surface area contributed by atoms with Crippen molar-refractivity contribution >= 4 is 39.4 Å². The molecule has 0 heterocycles. The number of aliphatic carboxylic acids is 1. The van der Waals surface area contributed by atoms with Gasteiger partial charge in [0.1, 0.15) is 10.6 Å². The quantitative estimate of drug-likeness (QED) is 0.368. The summed E-state index contributed by atoms with van der Waals surface area (Å²) in [7, 11) is -4.13. The van der Waals surface area contributed by atoms with Gasteiger partial charge in [0.2, 0.25) is 10.0 Å². The van der Waals surface area contributed by atoms with E-state index in [1.807, 2.05) is 13.0 Å². The van der Waals surface area contributed by atoms with E-state index in [4.69, 9.17) is 21.4 Å². The van der Waals surface area contributed by atoms with Gasteiger partial charge in [0, 0.05) is 23.2 Å². The molecule has 2 aromatic carbocycles. The molecule has 0 unspecified atom stereocenters. The van der Waals surface area contributed by atoms with E-state index in [-0.39, 0.29) is 23.2 Å². The highest BCUT2D eigenvalue weighted by atomic mass is 35.5. The van der Waals surface area contributed by atoms with Crippen molar-refractivity contribution in [1.29, 1.82) is 0 Å². The van der Waals surface area contributed by atoms with Crippen LogP contribution in [0.3, 0.4) is 0 Å². The fourth-order valence-corrected chi connectivity index (χ4v) is 6.48. The Kier molecular flexibility index (Phi) is 9.70. The number of halogens is 4. The summed E-state index contributed by atoms with van der Waals surface area (Å²) in [6, 6.07) is 7.42. The van der Waals surface area contributed by atoms with Gasteiger partial charge in [-0.3, -0.25) is 0 Å². The second kappa shape index (κ2) is 11.7. The molecule has 0 aliphatic carbocycles. The van der Waals surface area contributed by atoms with Crippen LogP contribution in [-0.2, 0) is 21.0 Å². The highest BCUT2D eigenvalue weighted by Crippen LogP contribution is 2.35. The average Bonchev–Trinajstić information content (AvgIpc) is 2.71. The van der Waals surface area contributed by atoms with Gasteiger partial charge in [0.05, 0.1) is 10.6 Å². The Morgan fingerprint density at radius 1 is 1.24 bits per heavy atom. The van der Waals surface area contributed by atoms with Crippen molar-refractivity contribution in [2.24, 2.45) is 0 Å². The molecule has 0 aromatic heterocycles. The molecule has 34 heavy (non-hydrogen) atoms. The minimum Gasteiger partial charge on any atom is -0.482 e. The SMILES string of the molecule is CCCN(C[C@@H](C)Sc1ccc(OCC(=O)O)c(C)c1)S(=O)(=O)c1ccc(C(F)(F)F)cc1Cl. The lowest BCUT2D eigenvalue weighted by Gasteiger charge is -2.25. The molecule has 0 amide bonds. The first-order valence-corrected chi connectivity index (χ1v) is 12.9. The summed E-state index contributed by atoms with van der Waals surface area (Å²) in [5.74, 6) is -0.650. The number of aryl methyl sites for hydroxylation is 1. The predicted octanol–water partition coefficient (Wildman–Crippen LogP) is 5.71. The van der Waals surface area contributed by atoms with Gasteiger partial charge in [-0.15, -0.1) is 11.8 Å². The smallest absolute Gasteiger partial charge is 0.416 e. The zero-order chi connectivity index (χ0) is 25.7. The topological polar surface area (TPSA) is 83.9 Å². The van der Waals surface area contributed by atoms with Crippen LogP contribution in [0.2, 0.25) is 5.02 Å². The second-order valence-corrected chi connectivity index (χ2v) is 11.4. The van der Waals surface area contributed by atoms with Crippen LogP contribution in [-0.4, -0.2) is 48.7 Å². The largest absolute Gasteiger partial charge is 0.482 e. The van der Waals surface area contributed by atoms with E-state index in [1.165, 1.54) is 16.1 Å². The van der Waals surface area contributed by atoms with Crippen LogP contribution in [0.5, 0.6) is 5.75 Å². The van der Waals surface area contributed by atoms with Crippen molar-refractivity contribution in [3.8, 4) is 5.75 Å². The Balaban J connectivity index is 2.19. The average molecular weight is 540 g/mol. The monoisotopic (exact) mass is 539 g/mol. The number of carboxylic acid groups (broad SMARTS) is 1. The minimum absolute atomic E-state index is 0.106. The number of alkyl halides is 3. The summed E-state index contributed by atoms with van der Waals surface area (Å²) in [6.45, 7) is 5.22. The number of carboxylic acids is 1. The van der Waals surface area contributed by atoms with Crippen LogP contribution in [0.25, 0.3) is 0 Å². The molecule has 188 valence electrons. The van der Waals surface area contributed by atoms with Crippen LogP contribution in [0.4, 0.5) is 13.2 Å². The van der Waals surface area contributed by atoms with Crippen LogP contribution >= 0.6 is 23.4 Å². The third-order valence-corrected chi connectivity index (χ3v) is 8.07. The fourth-order valence-electron chi connectivity index (χ4n) is 3.14. The van der Waals surface area contributed by atoms with Gasteiger partial charge in [-0.2, -0.15) is 17.5 Å². The lowest BCUT2D eigenvalue weighted by atomic mass is 10.2. The van der Waals surface area contributed by atoms with Crippen molar-refractivity contribution in [2.75, 3.05) is 19.7 Å². The van der Waals surface area contributed by atoms with Crippen molar-refractivity contribution in [3.05, 3.63) is 52.5 Å². The number of benzene rings is 2. The maximum absolute atomic E-state index is 13.2. The van der Waals surface area contributed by atoms with Crippen LogP contribution in [0.1, 0.15) is 31.4 Å². The first kappa shape index (κ1) is 28.3. The number of nitrogens with zero attached hydrogens (tertiary/aromatic N) is 1. The Labute approximate surface area is 206 Å². The fraction of sp³-hybridized carbons (Fsp3) is 0.409. The Morgan fingerprint density at radius 2 is 1.91 bits per heavy atom. The standard InChI is InChI=1S/C22H25ClF3NO5S2/c1-4-9-27(34(30,31)20-8-5-16(11-18(20)23)22(24,25)26)12-15(3)33-17-6-7-19(14(2)10-17)32-13-21(28)29/h5-8,10-11,15H,4,9,12-13H2,1-3H3,(H,28,29)/t15-/m1/s1. The molecular formula is C22H25ClF3NO5S2. The zero-order valence-electron chi connectivity index (χ0n) is 18.7. The van der Waals surface area contributed by atoms with E-state index in [0.717, 1.165) is 16.5 Å². The van der Waals surface area contributed by atoms with E-state index in [2.05, 4.69) is 0 Å². The van der Waals surface area contributed by atoms with Gasteiger partial charge in [-0.25, -0.2) is 13.2 Å². The molecule has 0 spiro atoms. The van der Waals surface area contributed by atoms with Gasteiger partial charge in [-0.05, 0) is 55.3 Å². The van der Waals surface area contributed by atoms with E-state index in [9.17, 15) is 26.4 Å². The molecule has 0 fully saturated rings. The summed E-state index contributed by atoms with van der Waals surface area (Å²) in [5, 5.41) is 8.05. The number of thioether (sulfide) groups is 1. The van der Waals surface area contributed by atoms with Crippen LogP contribution in [0.15, 0.2) is 46.2 Å². The molecule has 1 N–H and O–H groups in total. The molecule has 1 atom stereocenters. The number of hydrogen-bond acceptors (Lipinski definition) is 5. The number of hydrogen-bond donors (Lipinski definition) is 1. The summed E-state index contributed by atoms with van der Waals surface area (Å²) in [4.78, 5) is 11.1. The first-order chi connectivity index (χ1) is 15.8. The maximum Gasteiger partial charge on any atom is 0.416 e. The highest BCUT2D eigenvalue weighted by Gasteiger charge is 2.33. The van der Waals surface area contributed by atoms with Gasteiger partial charge < -0.3 is 9.84 Å². The molecule has 2 aromatic rings. The predicted molar refractivity (Wildman–Crippen MR) is 125 cm³/mol. The second-order valence-electron chi connectivity index (χ2n) is 7.54. The van der Waals surface area contributed by atoms with Gasteiger partial charge in [0.25, 0.3) is 0 Å². The molecule has 2 rings (SSSR count). The zero-order valence-corrected chi connectivity index (χ0v) is 21.1. The molecule has 6 nitrogen and oxygen atoms in total. The van der Waals surface area contributed by atoms with Crippen molar-refractivity contribution < 1.29 is 36.2 Å². The first-order valence-electron chi connectivity index (χ1n) is 10.2. The summed E-state index contributed by atoms with van der Waals surface area (Å²) in [6.07, 6.45) is -4.13. The maximum atomic E-state index is 13.2. The number of sulfonamides is 1. The molecule has 0 bridgehead atoms. The third kappa shape index (κ3) is 7.53. The van der Waals surface area contributed by atoms with Crippen molar-refractivity contribution in [1.82, 2.24) is 4.31 Å². The highest BCUT2D eigenvalue weighted by molar-refractivity contribution is 8.00. The lowest BCUT2D eigenvalue weighted by molar-refractivity contribution is -0.139. The molecule has 0 aliphatic heterocycles. The lowest BCUT2D eigenvalue weighted by Crippen LogP contribution is -2.36. The molecule has 0 saturated heterocycles. The van der Waals surface area contributed by atoms with E-state index in [0.29, 0.717) is 24.3 Å². The van der Waals surface area contributed by atoms with E-state index >= 15 is 0 Å². The minimum atomic E-state index is -4.63. The Bertz CT molecular complexity index is 1130. The molecule has 0 radical (unpaired) electrons. The van der Waals surface area contributed by atoms with Gasteiger partial charge in [0.15, 0.2) is 6.61 Å². The van der Waals surface area contributed by atoms with Gasteiger partial charge >= 0.3 is 12.1 Å². The van der Waals surface area contributed by atoms with Gasteiger partial charge in [-0.1, -0.05) is 25.4 Å². The molecule has 0 saturated carbocycles. The number of rotatable bonds is 11. The van der Waals surface area contributed by atoms with Crippen LogP contribution < -0.4 is 4.74 Å². The van der Waals surface area contributed by atoms with E-state index in [1.54, 1.807) is 26.0 Å². The normalized spacial score (nSPS) is 13.2. The number of ether oxygens (including phenoxy) is 1. The third-order valence-electron chi connectivity index (χ3n) is 4.65. The number of carbonyl (C=O) groups is 1. The summed E-state index contributed by atoms with van der Waals surface area (Å²) in [5.41, 5.74) is -0.290. The molecule has 0 aliphatic rings. The van der Waals surface area contributed by atoms with Crippen LogP contribution in [0, 0.1) is 6.92 Å². The summed E-state index contributed by atoms with van der Waals surface area (Å²) >= 11 is 7.35. The summed E-state index contributed by atoms with van der Waals surface area (Å²) < 4.78 is 71.6. The molecule has 12 heteroatoms.